The van der Waals surface area contributed by atoms with Gasteiger partial charge in [0.2, 0.25) is 0 Å². The molecule has 11 heavy (non-hydrogen) atoms. The van der Waals surface area contributed by atoms with Gasteiger partial charge in [-0.05, 0) is 5.21 Å². The molecule has 0 unspecified atom stereocenters. The lowest BCUT2D eigenvalue weighted by Gasteiger charge is -1.71. The molecule has 6 heteroatoms. The monoisotopic (exact) mass is 158 g/mol. The molecule has 1 N–H and O–H groups in total. The van der Waals surface area contributed by atoms with Crippen LogP contribution in [-0.4, -0.2) is 31.3 Å². The number of carboxylic acid groups (broad SMARTS) is 1. The van der Waals surface area contributed by atoms with Crippen molar-refractivity contribution in [3.8, 4) is 0 Å². The zero-order chi connectivity index (χ0) is 8.69. The number of hydrogen-bond acceptors (Lipinski definition) is 4. The maximum absolute atomic E-state index is 9.37. The molecule has 0 bridgehead atoms. The lowest BCUT2D eigenvalue weighted by Crippen LogP contribution is -1.90. The van der Waals surface area contributed by atoms with Gasteiger partial charge >= 0.3 is 5.97 Å². The number of carboxylic acids is 1. The SMILES string of the molecule is CCC(=O)O.Cn1ncnn1. The van der Waals surface area contributed by atoms with E-state index in [4.69, 9.17) is 5.11 Å². The quantitative estimate of drug-likeness (QED) is 0.606. The van der Waals surface area contributed by atoms with Gasteiger partial charge in [-0.3, -0.25) is 4.79 Å². The molecule has 62 valence electrons. The van der Waals surface area contributed by atoms with Crippen LogP contribution in [0.25, 0.3) is 0 Å². The van der Waals surface area contributed by atoms with E-state index in [0.29, 0.717) is 0 Å². The Morgan fingerprint density at radius 2 is 2.27 bits per heavy atom. The van der Waals surface area contributed by atoms with Crippen molar-refractivity contribution in [3.63, 3.8) is 0 Å². The molecule has 0 atom stereocenters. The molecule has 6 nitrogen and oxygen atoms in total. The summed E-state index contributed by atoms with van der Waals surface area (Å²) < 4.78 is 0. The van der Waals surface area contributed by atoms with E-state index in [-0.39, 0.29) is 6.42 Å². The normalized spacial score (nSPS) is 8.18. The molecule has 1 aromatic rings. The fourth-order valence-electron chi connectivity index (χ4n) is 0.219. The van der Waals surface area contributed by atoms with Crippen LogP contribution < -0.4 is 0 Å². The fraction of sp³-hybridized carbons (Fsp3) is 0.600. The highest BCUT2D eigenvalue weighted by molar-refractivity contribution is 5.66. The van der Waals surface area contributed by atoms with Crippen LogP contribution in [0.5, 0.6) is 0 Å². The molecule has 0 aliphatic rings. The molecule has 0 aromatic carbocycles. The lowest BCUT2D eigenvalue weighted by molar-refractivity contribution is -0.136. The first kappa shape index (κ1) is 9.54. The summed E-state index contributed by atoms with van der Waals surface area (Å²) in [5.74, 6) is -0.745. The van der Waals surface area contributed by atoms with Crippen molar-refractivity contribution in [3.05, 3.63) is 6.33 Å². The molecule has 0 saturated heterocycles. The van der Waals surface area contributed by atoms with Crippen LogP contribution in [0.4, 0.5) is 0 Å². The van der Waals surface area contributed by atoms with Crippen molar-refractivity contribution in [2.45, 2.75) is 13.3 Å². The van der Waals surface area contributed by atoms with Crippen LogP contribution in [0.1, 0.15) is 13.3 Å². The Morgan fingerprint density at radius 1 is 1.73 bits per heavy atom. The maximum atomic E-state index is 9.37. The number of carbonyl (C=O) groups is 1. The van der Waals surface area contributed by atoms with Crippen LogP contribution in [0.3, 0.4) is 0 Å². The Bertz CT molecular complexity index is 196. The molecule has 1 aromatic heterocycles. The standard InChI is InChI=1S/C3H6O2.C2H4N4/c1-2-3(4)5;1-6-4-2-3-5-6/h2H2,1H3,(H,4,5);2H,1H3. The van der Waals surface area contributed by atoms with Crippen molar-refractivity contribution in [2.75, 3.05) is 0 Å². The van der Waals surface area contributed by atoms with Crippen LogP contribution >= 0.6 is 0 Å². The summed E-state index contributed by atoms with van der Waals surface area (Å²) in [5, 5.41) is 18.2. The average Bonchev–Trinajstić information content (AvgIpc) is 2.41. The van der Waals surface area contributed by atoms with Gasteiger partial charge in [0.05, 0.1) is 7.05 Å². The van der Waals surface area contributed by atoms with Gasteiger partial charge in [0.15, 0.2) is 6.33 Å². The van der Waals surface area contributed by atoms with Gasteiger partial charge < -0.3 is 5.11 Å². The summed E-state index contributed by atoms with van der Waals surface area (Å²) in [4.78, 5) is 10.8. The van der Waals surface area contributed by atoms with E-state index in [1.807, 2.05) is 0 Å². The summed E-state index contributed by atoms with van der Waals surface area (Å²) in [7, 11) is 1.72. The van der Waals surface area contributed by atoms with Crippen LogP contribution in [-0.2, 0) is 11.8 Å². The van der Waals surface area contributed by atoms with Gasteiger partial charge in [-0.1, -0.05) is 6.92 Å². The second-order valence-corrected chi connectivity index (χ2v) is 1.67. The fourth-order valence-corrected chi connectivity index (χ4v) is 0.219. The van der Waals surface area contributed by atoms with E-state index in [9.17, 15) is 4.79 Å². The van der Waals surface area contributed by atoms with Gasteiger partial charge in [0.25, 0.3) is 0 Å². The first-order valence-electron chi connectivity index (χ1n) is 3.05. The highest BCUT2D eigenvalue weighted by Gasteiger charge is 1.80. The second-order valence-electron chi connectivity index (χ2n) is 1.67. The predicted molar refractivity (Wildman–Crippen MR) is 36.7 cm³/mol. The third-order valence-corrected chi connectivity index (χ3v) is 0.754. The number of aromatic nitrogens is 4. The number of hydrogen-bond donors (Lipinski definition) is 1. The zero-order valence-corrected chi connectivity index (χ0v) is 6.43. The van der Waals surface area contributed by atoms with E-state index < -0.39 is 5.97 Å². The maximum Gasteiger partial charge on any atom is 0.303 e. The highest BCUT2D eigenvalue weighted by atomic mass is 16.4. The zero-order valence-electron chi connectivity index (χ0n) is 6.43. The average molecular weight is 158 g/mol. The molecule has 1 heterocycles. The Morgan fingerprint density at radius 3 is 2.36 bits per heavy atom. The van der Waals surface area contributed by atoms with Gasteiger partial charge in [-0.2, -0.15) is 4.80 Å². The smallest absolute Gasteiger partial charge is 0.303 e. The summed E-state index contributed by atoms with van der Waals surface area (Å²) in [6.45, 7) is 1.60. The van der Waals surface area contributed by atoms with Crippen molar-refractivity contribution in [2.24, 2.45) is 7.05 Å². The van der Waals surface area contributed by atoms with Gasteiger partial charge in [0, 0.05) is 6.42 Å². The van der Waals surface area contributed by atoms with E-state index in [0.717, 1.165) is 0 Å². The predicted octanol–water partition coefficient (Wildman–Crippen LogP) is -0.309. The number of tetrazole rings is 1. The summed E-state index contributed by atoms with van der Waals surface area (Å²) >= 11 is 0. The van der Waals surface area contributed by atoms with Gasteiger partial charge in [0.1, 0.15) is 0 Å². The Labute approximate surface area is 63.8 Å². The third-order valence-electron chi connectivity index (χ3n) is 0.754. The molecule has 1 rings (SSSR count). The topological polar surface area (TPSA) is 80.9 Å². The van der Waals surface area contributed by atoms with Gasteiger partial charge in [-0.25, -0.2) is 0 Å². The van der Waals surface area contributed by atoms with Crippen molar-refractivity contribution < 1.29 is 9.90 Å². The molecule has 0 aliphatic heterocycles. The number of aryl methyl sites for hydroxylation is 1. The molecule has 0 spiro atoms. The first-order valence-corrected chi connectivity index (χ1v) is 3.05. The molecular weight excluding hydrogens is 148 g/mol. The third kappa shape index (κ3) is 6.42. The van der Waals surface area contributed by atoms with Crippen molar-refractivity contribution in [1.29, 1.82) is 0 Å². The number of nitrogens with zero attached hydrogens (tertiary/aromatic N) is 4. The van der Waals surface area contributed by atoms with Gasteiger partial charge in [-0.15, -0.1) is 10.2 Å². The Kier molecular flexibility index (Phi) is 4.63. The molecular formula is C5H10N4O2. The van der Waals surface area contributed by atoms with Crippen LogP contribution in [0, 0.1) is 0 Å². The number of aliphatic carboxylic acids is 1. The lowest BCUT2D eigenvalue weighted by atomic mass is 10.5. The molecule has 0 saturated carbocycles. The number of rotatable bonds is 1. The summed E-state index contributed by atoms with van der Waals surface area (Å²) in [5.41, 5.74) is 0. The van der Waals surface area contributed by atoms with E-state index in [2.05, 4.69) is 15.4 Å². The van der Waals surface area contributed by atoms with Crippen LogP contribution in [0.2, 0.25) is 0 Å². The van der Waals surface area contributed by atoms with Crippen molar-refractivity contribution >= 4 is 5.97 Å². The largest absolute Gasteiger partial charge is 0.481 e. The summed E-state index contributed by atoms with van der Waals surface area (Å²) in [6, 6.07) is 0. The van der Waals surface area contributed by atoms with Crippen molar-refractivity contribution in [1.82, 2.24) is 20.2 Å². The minimum atomic E-state index is -0.745. The Hall–Kier alpha value is -1.46. The van der Waals surface area contributed by atoms with E-state index >= 15 is 0 Å². The Balaban J connectivity index is 0.000000187. The molecule has 0 radical (unpaired) electrons. The highest BCUT2D eigenvalue weighted by Crippen LogP contribution is 1.67. The molecule has 0 aliphatic carbocycles. The van der Waals surface area contributed by atoms with Crippen LogP contribution in [0.15, 0.2) is 6.33 Å². The molecule has 0 amide bonds. The van der Waals surface area contributed by atoms with E-state index in [1.54, 1.807) is 14.0 Å². The second kappa shape index (κ2) is 5.33. The first-order chi connectivity index (χ1) is 5.16. The minimum Gasteiger partial charge on any atom is -0.481 e. The minimum absolute atomic E-state index is 0.222. The summed E-state index contributed by atoms with van der Waals surface area (Å²) in [6.07, 6.45) is 1.61. The molecule has 0 fully saturated rings. The van der Waals surface area contributed by atoms with E-state index in [1.165, 1.54) is 11.1 Å².